The summed E-state index contributed by atoms with van der Waals surface area (Å²) in [6.07, 6.45) is 5.02. The van der Waals surface area contributed by atoms with E-state index in [0.29, 0.717) is 5.41 Å². The molecule has 2 rings (SSSR count). The highest BCUT2D eigenvalue weighted by atomic mass is 14.8. The average molecular weight is 192 g/mol. The van der Waals surface area contributed by atoms with Gasteiger partial charge in [0.2, 0.25) is 0 Å². The van der Waals surface area contributed by atoms with Crippen LogP contribution in [0.2, 0.25) is 0 Å². The Hall–Kier alpha value is -0.260. The van der Waals surface area contributed by atoms with E-state index in [9.17, 15) is 0 Å². The van der Waals surface area contributed by atoms with E-state index >= 15 is 0 Å². The monoisotopic (exact) mass is 192 g/mol. The maximum absolute atomic E-state index is 3.99. The molecule has 2 aliphatic carbocycles. The van der Waals surface area contributed by atoms with Gasteiger partial charge in [-0.1, -0.05) is 40.2 Å². The van der Waals surface area contributed by atoms with Gasteiger partial charge in [0.05, 0.1) is 0 Å². The van der Waals surface area contributed by atoms with E-state index in [1.165, 1.54) is 12.8 Å². The van der Waals surface area contributed by atoms with E-state index in [0.717, 1.165) is 29.6 Å². The third-order valence-corrected chi connectivity index (χ3v) is 5.39. The fourth-order valence-corrected chi connectivity index (χ4v) is 3.85. The van der Waals surface area contributed by atoms with Crippen molar-refractivity contribution in [3.05, 3.63) is 12.7 Å². The molecule has 2 aliphatic rings. The second-order valence-electron chi connectivity index (χ2n) is 5.65. The number of allylic oxidation sites excluding steroid dienone is 1. The first kappa shape index (κ1) is 10.3. The van der Waals surface area contributed by atoms with Crippen molar-refractivity contribution >= 4 is 0 Å². The highest BCUT2D eigenvalue weighted by molar-refractivity contribution is 5.28. The van der Waals surface area contributed by atoms with Crippen molar-refractivity contribution in [3.63, 3.8) is 0 Å². The van der Waals surface area contributed by atoms with Gasteiger partial charge in [0.15, 0.2) is 0 Å². The molecule has 2 fully saturated rings. The Morgan fingerprint density at radius 1 is 1.36 bits per heavy atom. The van der Waals surface area contributed by atoms with Crippen LogP contribution < -0.4 is 0 Å². The summed E-state index contributed by atoms with van der Waals surface area (Å²) >= 11 is 0. The van der Waals surface area contributed by atoms with Crippen LogP contribution in [-0.2, 0) is 0 Å². The van der Waals surface area contributed by atoms with E-state index in [1.807, 2.05) is 0 Å². The summed E-state index contributed by atoms with van der Waals surface area (Å²) in [5, 5.41) is 0. The molecule has 0 bridgehead atoms. The topological polar surface area (TPSA) is 0 Å². The van der Waals surface area contributed by atoms with Crippen molar-refractivity contribution < 1.29 is 0 Å². The van der Waals surface area contributed by atoms with Gasteiger partial charge < -0.3 is 0 Å². The summed E-state index contributed by atoms with van der Waals surface area (Å²) in [6.45, 7) is 13.6. The lowest BCUT2D eigenvalue weighted by Crippen LogP contribution is -2.31. The third kappa shape index (κ3) is 1.06. The minimum atomic E-state index is 0.678. The van der Waals surface area contributed by atoms with Crippen LogP contribution in [0.5, 0.6) is 0 Å². The molecule has 5 unspecified atom stereocenters. The largest absolute Gasteiger partial charge is 0.103 e. The highest BCUT2D eigenvalue weighted by Gasteiger charge is 2.79. The lowest BCUT2D eigenvalue weighted by Gasteiger charge is -2.37. The van der Waals surface area contributed by atoms with Crippen molar-refractivity contribution in [2.45, 2.75) is 40.5 Å². The van der Waals surface area contributed by atoms with Crippen LogP contribution in [0.4, 0.5) is 0 Å². The zero-order valence-electron chi connectivity index (χ0n) is 10.1. The van der Waals surface area contributed by atoms with E-state index in [1.54, 1.807) is 0 Å². The number of hydrogen-bond acceptors (Lipinski definition) is 0. The molecule has 0 heteroatoms. The second-order valence-corrected chi connectivity index (χ2v) is 5.65. The van der Waals surface area contributed by atoms with Gasteiger partial charge in [-0.3, -0.25) is 0 Å². The minimum absolute atomic E-state index is 0.678. The normalized spacial score (nSPS) is 44.9. The summed E-state index contributed by atoms with van der Waals surface area (Å²) in [5.41, 5.74) is 0.678. The van der Waals surface area contributed by atoms with E-state index in [2.05, 4.69) is 40.3 Å². The number of fused-ring (bicyclic) bond motifs is 1. The quantitative estimate of drug-likeness (QED) is 0.575. The summed E-state index contributed by atoms with van der Waals surface area (Å²) in [7, 11) is 0. The number of rotatable bonds is 5. The molecule has 2 saturated carbocycles. The van der Waals surface area contributed by atoms with Gasteiger partial charge in [0, 0.05) is 0 Å². The van der Waals surface area contributed by atoms with Gasteiger partial charge in [0.25, 0.3) is 0 Å². The van der Waals surface area contributed by atoms with E-state index in [-0.39, 0.29) is 0 Å². The Morgan fingerprint density at radius 2 is 1.93 bits per heavy atom. The smallest absolute Gasteiger partial charge is 0.0147 e. The molecule has 0 saturated heterocycles. The van der Waals surface area contributed by atoms with E-state index < -0.39 is 0 Å². The molecule has 0 aromatic heterocycles. The van der Waals surface area contributed by atoms with Gasteiger partial charge in [-0.05, 0) is 41.4 Å². The van der Waals surface area contributed by atoms with Crippen LogP contribution in [0.25, 0.3) is 0 Å². The average Bonchev–Trinajstić information content (AvgIpc) is 3.05. The fourth-order valence-electron chi connectivity index (χ4n) is 3.85. The van der Waals surface area contributed by atoms with Crippen LogP contribution in [-0.4, -0.2) is 0 Å². The molecule has 0 aliphatic heterocycles. The molecular weight excluding hydrogens is 168 g/mol. The van der Waals surface area contributed by atoms with Gasteiger partial charge in [-0.15, -0.1) is 6.58 Å². The molecule has 0 radical (unpaired) electrons. The Balaban J connectivity index is 2.10. The first-order valence-corrected chi connectivity index (χ1v) is 6.23. The molecule has 0 spiro atoms. The second kappa shape index (κ2) is 3.12. The standard InChI is InChI=1S/C14H24/c1-6-9(3)11(5)14(10(4)7-2)12-8-13(12)14/h7,9-13H,2,6,8H2,1,3-5H3. The van der Waals surface area contributed by atoms with Crippen molar-refractivity contribution in [2.24, 2.45) is 35.0 Å². The predicted octanol–water partition coefficient (Wildman–Crippen LogP) is 4.13. The summed E-state index contributed by atoms with van der Waals surface area (Å²) < 4.78 is 0. The Bertz CT molecular complexity index is 232. The molecule has 0 amide bonds. The van der Waals surface area contributed by atoms with Gasteiger partial charge in [-0.2, -0.15) is 0 Å². The van der Waals surface area contributed by atoms with Crippen LogP contribution in [0, 0.1) is 35.0 Å². The van der Waals surface area contributed by atoms with Crippen molar-refractivity contribution in [3.8, 4) is 0 Å². The summed E-state index contributed by atoms with van der Waals surface area (Å²) in [5.74, 6) is 4.64. The fraction of sp³-hybridized carbons (Fsp3) is 0.857. The van der Waals surface area contributed by atoms with Crippen molar-refractivity contribution in [2.75, 3.05) is 0 Å². The van der Waals surface area contributed by atoms with Crippen molar-refractivity contribution in [1.82, 2.24) is 0 Å². The number of hydrogen-bond donors (Lipinski definition) is 0. The molecule has 0 aromatic rings. The maximum atomic E-state index is 3.99. The molecule has 0 N–H and O–H groups in total. The molecule has 80 valence electrons. The highest BCUT2D eigenvalue weighted by Crippen LogP contribution is 2.84. The zero-order valence-corrected chi connectivity index (χ0v) is 10.1. The maximum Gasteiger partial charge on any atom is -0.0147 e. The van der Waals surface area contributed by atoms with Gasteiger partial charge in [-0.25, -0.2) is 0 Å². The van der Waals surface area contributed by atoms with E-state index in [4.69, 9.17) is 0 Å². The van der Waals surface area contributed by atoms with Crippen LogP contribution in [0.1, 0.15) is 40.5 Å². The van der Waals surface area contributed by atoms with Crippen molar-refractivity contribution in [1.29, 1.82) is 0 Å². The van der Waals surface area contributed by atoms with Crippen LogP contribution in [0.15, 0.2) is 12.7 Å². The first-order valence-electron chi connectivity index (χ1n) is 6.23. The minimum Gasteiger partial charge on any atom is -0.103 e. The third-order valence-electron chi connectivity index (χ3n) is 5.39. The molecular formula is C14H24. The Morgan fingerprint density at radius 3 is 2.21 bits per heavy atom. The molecule has 0 aromatic carbocycles. The van der Waals surface area contributed by atoms with Crippen LogP contribution in [0.3, 0.4) is 0 Å². The van der Waals surface area contributed by atoms with Gasteiger partial charge >= 0.3 is 0 Å². The Kier molecular flexibility index (Phi) is 2.28. The summed E-state index contributed by atoms with van der Waals surface area (Å²) in [4.78, 5) is 0. The molecule has 0 nitrogen and oxygen atoms in total. The van der Waals surface area contributed by atoms with Gasteiger partial charge in [0.1, 0.15) is 0 Å². The molecule has 5 atom stereocenters. The zero-order chi connectivity index (χ0) is 10.5. The first-order chi connectivity index (χ1) is 6.60. The lowest BCUT2D eigenvalue weighted by molar-refractivity contribution is 0.127. The molecule has 14 heavy (non-hydrogen) atoms. The Labute approximate surface area is 88.8 Å². The summed E-state index contributed by atoms with van der Waals surface area (Å²) in [6, 6.07) is 0. The van der Waals surface area contributed by atoms with Crippen LogP contribution >= 0.6 is 0 Å². The lowest BCUT2D eigenvalue weighted by atomic mass is 9.67. The SMILES string of the molecule is C=CC(C)C1(C(C)C(C)CC)C2CC21. The predicted molar refractivity (Wildman–Crippen MR) is 62.0 cm³/mol. The molecule has 0 heterocycles.